The summed E-state index contributed by atoms with van der Waals surface area (Å²) in [5.41, 5.74) is 1.36. The van der Waals surface area contributed by atoms with Crippen LogP contribution >= 0.6 is 0 Å². The van der Waals surface area contributed by atoms with E-state index in [2.05, 4.69) is 50.4 Å². The fourth-order valence-electron chi connectivity index (χ4n) is 1.47. The molecule has 0 aliphatic heterocycles. The van der Waals surface area contributed by atoms with E-state index >= 15 is 0 Å². The molecule has 0 fully saturated rings. The Morgan fingerprint density at radius 3 is 2.44 bits per heavy atom. The first-order chi connectivity index (χ1) is 7.72. The van der Waals surface area contributed by atoms with Gasteiger partial charge in [-0.3, -0.25) is 0 Å². The molecule has 0 amide bonds. The predicted molar refractivity (Wildman–Crippen MR) is 69.1 cm³/mol. The van der Waals surface area contributed by atoms with Crippen LogP contribution in [0.1, 0.15) is 32.8 Å². The Bertz CT molecular complexity index is 279. The topological polar surface area (TPSA) is 21.3 Å². The Morgan fingerprint density at radius 1 is 1.19 bits per heavy atom. The summed E-state index contributed by atoms with van der Waals surface area (Å²) in [5.74, 6) is 0.974. The molecule has 0 aromatic heterocycles. The molecule has 2 heteroatoms. The Kier molecular flexibility index (Phi) is 5.94. The summed E-state index contributed by atoms with van der Waals surface area (Å²) < 4.78 is 5.65. The van der Waals surface area contributed by atoms with E-state index in [1.54, 1.807) is 0 Å². The number of benzene rings is 1. The molecular formula is C14H23NO. The molecule has 0 spiro atoms. The predicted octanol–water partition coefficient (Wildman–Crippen LogP) is 3.02. The van der Waals surface area contributed by atoms with Crippen molar-refractivity contribution in [3.63, 3.8) is 0 Å². The zero-order valence-electron chi connectivity index (χ0n) is 10.6. The van der Waals surface area contributed by atoms with Gasteiger partial charge >= 0.3 is 0 Å². The Labute approximate surface area is 99.0 Å². The highest BCUT2D eigenvalue weighted by Gasteiger charge is 1.95. The van der Waals surface area contributed by atoms with Crippen molar-refractivity contribution >= 4 is 0 Å². The Balaban J connectivity index is 2.16. The monoisotopic (exact) mass is 221 g/mol. The van der Waals surface area contributed by atoms with Crippen LogP contribution in [0.5, 0.6) is 5.75 Å². The van der Waals surface area contributed by atoms with Crippen molar-refractivity contribution in [1.82, 2.24) is 5.32 Å². The molecule has 0 saturated carbocycles. The number of aryl methyl sites for hydroxylation is 1. The second-order valence-electron chi connectivity index (χ2n) is 4.31. The normalized spacial score (nSPS) is 10.8. The fraction of sp³-hybridized carbons (Fsp3) is 0.571. The highest BCUT2D eigenvalue weighted by Crippen LogP contribution is 2.12. The zero-order chi connectivity index (χ0) is 11.8. The third-order valence-corrected chi connectivity index (χ3v) is 2.47. The van der Waals surface area contributed by atoms with Crippen molar-refractivity contribution in [3.05, 3.63) is 29.8 Å². The summed E-state index contributed by atoms with van der Waals surface area (Å²) in [6.45, 7) is 8.28. The smallest absolute Gasteiger partial charge is 0.119 e. The van der Waals surface area contributed by atoms with Crippen LogP contribution in [-0.2, 0) is 6.42 Å². The SMILES string of the molecule is CCc1ccc(OCCCNC(C)C)cc1. The van der Waals surface area contributed by atoms with Gasteiger partial charge in [-0.15, -0.1) is 0 Å². The minimum atomic E-state index is 0.559. The summed E-state index contributed by atoms with van der Waals surface area (Å²) in [6, 6.07) is 8.91. The number of nitrogens with one attached hydrogen (secondary N) is 1. The molecule has 0 heterocycles. The highest BCUT2D eigenvalue weighted by atomic mass is 16.5. The van der Waals surface area contributed by atoms with Gasteiger partial charge in [0.2, 0.25) is 0 Å². The first-order valence-corrected chi connectivity index (χ1v) is 6.17. The van der Waals surface area contributed by atoms with Crippen LogP contribution in [0.15, 0.2) is 24.3 Å². The molecule has 2 nitrogen and oxygen atoms in total. The van der Waals surface area contributed by atoms with Crippen LogP contribution in [0.4, 0.5) is 0 Å². The second-order valence-corrected chi connectivity index (χ2v) is 4.31. The Morgan fingerprint density at radius 2 is 1.88 bits per heavy atom. The van der Waals surface area contributed by atoms with Gasteiger partial charge in [-0.2, -0.15) is 0 Å². The largest absolute Gasteiger partial charge is 0.494 e. The third kappa shape index (κ3) is 5.17. The minimum Gasteiger partial charge on any atom is -0.494 e. The van der Waals surface area contributed by atoms with E-state index in [1.165, 1.54) is 5.56 Å². The molecule has 1 aromatic rings. The Hall–Kier alpha value is -1.02. The molecule has 0 saturated heterocycles. The standard InChI is InChI=1S/C14H23NO/c1-4-13-6-8-14(9-7-13)16-11-5-10-15-12(2)3/h6-9,12,15H,4-5,10-11H2,1-3H3. The van der Waals surface area contributed by atoms with Crippen LogP contribution in [-0.4, -0.2) is 19.2 Å². The quantitative estimate of drug-likeness (QED) is 0.715. The molecule has 90 valence electrons. The van der Waals surface area contributed by atoms with Gasteiger partial charge in [-0.05, 0) is 37.1 Å². The van der Waals surface area contributed by atoms with Gasteiger partial charge in [0.05, 0.1) is 6.61 Å². The molecule has 1 N–H and O–H groups in total. The van der Waals surface area contributed by atoms with Crippen LogP contribution < -0.4 is 10.1 Å². The van der Waals surface area contributed by atoms with Crippen molar-refractivity contribution in [2.24, 2.45) is 0 Å². The molecule has 0 radical (unpaired) electrons. The van der Waals surface area contributed by atoms with E-state index < -0.39 is 0 Å². The van der Waals surface area contributed by atoms with Crippen molar-refractivity contribution in [2.45, 2.75) is 39.7 Å². The summed E-state index contributed by atoms with van der Waals surface area (Å²) >= 11 is 0. The van der Waals surface area contributed by atoms with E-state index in [0.717, 1.165) is 31.7 Å². The molecule has 0 aliphatic rings. The molecular weight excluding hydrogens is 198 g/mol. The number of rotatable bonds is 7. The summed E-state index contributed by atoms with van der Waals surface area (Å²) in [5, 5.41) is 3.37. The van der Waals surface area contributed by atoms with Gasteiger partial charge in [-0.25, -0.2) is 0 Å². The average Bonchev–Trinajstić information content (AvgIpc) is 2.29. The molecule has 1 rings (SSSR count). The van der Waals surface area contributed by atoms with Crippen LogP contribution in [0, 0.1) is 0 Å². The van der Waals surface area contributed by atoms with Gasteiger partial charge in [-0.1, -0.05) is 32.9 Å². The minimum absolute atomic E-state index is 0.559. The van der Waals surface area contributed by atoms with Crippen molar-refractivity contribution in [3.8, 4) is 5.75 Å². The first kappa shape index (κ1) is 13.0. The molecule has 0 bridgehead atoms. The van der Waals surface area contributed by atoms with Crippen molar-refractivity contribution in [2.75, 3.05) is 13.2 Å². The third-order valence-electron chi connectivity index (χ3n) is 2.47. The van der Waals surface area contributed by atoms with Crippen LogP contribution in [0.2, 0.25) is 0 Å². The van der Waals surface area contributed by atoms with E-state index in [0.29, 0.717) is 6.04 Å². The molecule has 0 aliphatic carbocycles. The molecule has 16 heavy (non-hydrogen) atoms. The van der Waals surface area contributed by atoms with Crippen LogP contribution in [0.3, 0.4) is 0 Å². The van der Waals surface area contributed by atoms with Gasteiger partial charge in [0.25, 0.3) is 0 Å². The number of ether oxygens (including phenoxy) is 1. The zero-order valence-corrected chi connectivity index (χ0v) is 10.6. The maximum Gasteiger partial charge on any atom is 0.119 e. The van der Waals surface area contributed by atoms with Gasteiger partial charge < -0.3 is 10.1 Å². The van der Waals surface area contributed by atoms with Crippen molar-refractivity contribution < 1.29 is 4.74 Å². The summed E-state index contributed by atoms with van der Waals surface area (Å²) in [4.78, 5) is 0. The van der Waals surface area contributed by atoms with Crippen LogP contribution in [0.25, 0.3) is 0 Å². The van der Waals surface area contributed by atoms with Gasteiger partial charge in [0, 0.05) is 6.04 Å². The molecule has 0 atom stereocenters. The van der Waals surface area contributed by atoms with Crippen molar-refractivity contribution in [1.29, 1.82) is 0 Å². The summed E-state index contributed by atoms with van der Waals surface area (Å²) in [6.07, 6.45) is 2.13. The molecule has 0 unspecified atom stereocenters. The lowest BCUT2D eigenvalue weighted by Crippen LogP contribution is -2.24. The average molecular weight is 221 g/mol. The molecule has 1 aromatic carbocycles. The van der Waals surface area contributed by atoms with Gasteiger partial charge in [0.15, 0.2) is 0 Å². The van der Waals surface area contributed by atoms with Gasteiger partial charge in [0.1, 0.15) is 5.75 Å². The van der Waals surface area contributed by atoms with E-state index in [1.807, 2.05) is 0 Å². The van der Waals surface area contributed by atoms with E-state index in [4.69, 9.17) is 4.74 Å². The highest BCUT2D eigenvalue weighted by molar-refractivity contribution is 5.27. The lowest BCUT2D eigenvalue weighted by Gasteiger charge is -2.09. The lowest BCUT2D eigenvalue weighted by molar-refractivity contribution is 0.306. The number of hydrogen-bond donors (Lipinski definition) is 1. The maximum absolute atomic E-state index is 5.65. The number of hydrogen-bond acceptors (Lipinski definition) is 2. The second kappa shape index (κ2) is 7.29. The van der Waals surface area contributed by atoms with E-state index in [9.17, 15) is 0 Å². The maximum atomic E-state index is 5.65. The fourth-order valence-corrected chi connectivity index (χ4v) is 1.47. The first-order valence-electron chi connectivity index (χ1n) is 6.17. The lowest BCUT2D eigenvalue weighted by atomic mass is 10.2. The summed E-state index contributed by atoms with van der Waals surface area (Å²) in [7, 11) is 0. The van der Waals surface area contributed by atoms with E-state index in [-0.39, 0.29) is 0 Å².